The number of benzene rings is 1. The number of hydrogen-bond acceptors (Lipinski definition) is 3. The monoisotopic (exact) mass is 313 g/mol. The number of aryl methyl sites for hydroxylation is 1. The molecule has 0 aliphatic rings. The van der Waals surface area contributed by atoms with E-state index in [-0.39, 0.29) is 5.97 Å². The highest BCUT2D eigenvalue weighted by molar-refractivity contribution is 9.09. The van der Waals surface area contributed by atoms with Gasteiger partial charge in [0.05, 0.1) is 6.61 Å². The number of alkyl halides is 1. The summed E-state index contributed by atoms with van der Waals surface area (Å²) in [4.78, 5) is 11.7. The van der Waals surface area contributed by atoms with Crippen molar-refractivity contribution < 1.29 is 9.53 Å². The molecule has 0 aromatic heterocycles. The summed E-state index contributed by atoms with van der Waals surface area (Å²) in [5.41, 5.74) is 1.48. The summed E-state index contributed by atoms with van der Waals surface area (Å²) in [5, 5.41) is 4.14. The molecule has 1 N–H and O–H groups in total. The molecule has 0 spiro atoms. The summed E-state index contributed by atoms with van der Waals surface area (Å²) < 4.78 is 5.03. The summed E-state index contributed by atoms with van der Waals surface area (Å²) in [6.07, 6.45) is 1.00. The topological polar surface area (TPSA) is 38.3 Å². The second kappa shape index (κ2) is 6.78. The van der Waals surface area contributed by atoms with Crippen molar-refractivity contribution in [2.75, 3.05) is 17.3 Å². The molecular formula is C14H20BrNO2. The summed E-state index contributed by atoms with van der Waals surface area (Å²) >= 11 is 3.41. The van der Waals surface area contributed by atoms with Crippen molar-refractivity contribution in [3.05, 3.63) is 29.8 Å². The van der Waals surface area contributed by atoms with E-state index in [2.05, 4.69) is 33.4 Å². The van der Waals surface area contributed by atoms with Gasteiger partial charge in [-0.1, -0.05) is 28.1 Å². The quantitative estimate of drug-likeness (QED) is 0.646. The number of nitrogens with one attached hydrogen (secondary N) is 1. The summed E-state index contributed by atoms with van der Waals surface area (Å²) in [6.45, 7) is 5.84. The van der Waals surface area contributed by atoms with Crippen LogP contribution in [0.15, 0.2) is 24.3 Å². The fourth-order valence-corrected chi connectivity index (χ4v) is 2.05. The number of hydrogen-bond donors (Lipinski definition) is 1. The van der Waals surface area contributed by atoms with Gasteiger partial charge in [0.2, 0.25) is 0 Å². The molecule has 0 atom stereocenters. The van der Waals surface area contributed by atoms with Gasteiger partial charge < -0.3 is 10.1 Å². The molecule has 0 saturated carbocycles. The Morgan fingerprint density at radius 2 is 1.94 bits per heavy atom. The lowest BCUT2D eigenvalue weighted by Crippen LogP contribution is -2.41. The van der Waals surface area contributed by atoms with E-state index < -0.39 is 5.54 Å². The molecular weight excluding hydrogens is 294 g/mol. The first-order valence-corrected chi connectivity index (χ1v) is 7.22. The number of rotatable bonds is 6. The molecule has 0 heterocycles. The van der Waals surface area contributed by atoms with Gasteiger partial charge in [-0.05, 0) is 44.9 Å². The number of esters is 1. The van der Waals surface area contributed by atoms with Gasteiger partial charge in [-0.15, -0.1) is 0 Å². The van der Waals surface area contributed by atoms with E-state index in [9.17, 15) is 4.79 Å². The normalized spacial score (nSPS) is 11.1. The molecule has 0 bridgehead atoms. The van der Waals surface area contributed by atoms with Crippen LogP contribution in [0.3, 0.4) is 0 Å². The fourth-order valence-electron chi connectivity index (χ4n) is 1.59. The van der Waals surface area contributed by atoms with Gasteiger partial charge in [-0.2, -0.15) is 0 Å². The molecule has 0 saturated heterocycles. The van der Waals surface area contributed by atoms with Crippen LogP contribution in [0.2, 0.25) is 0 Å². The van der Waals surface area contributed by atoms with Crippen molar-refractivity contribution >= 4 is 27.6 Å². The van der Waals surface area contributed by atoms with Gasteiger partial charge in [0.15, 0.2) is 0 Å². The Morgan fingerprint density at radius 1 is 1.33 bits per heavy atom. The molecule has 0 fully saturated rings. The van der Waals surface area contributed by atoms with E-state index in [0.29, 0.717) is 6.61 Å². The zero-order chi connectivity index (χ0) is 13.6. The van der Waals surface area contributed by atoms with Gasteiger partial charge >= 0.3 is 5.97 Å². The van der Waals surface area contributed by atoms with Crippen molar-refractivity contribution in [2.24, 2.45) is 0 Å². The van der Waals surface area contributed by atoms with Crippen molar-refractivity contribution in [2.45, 2.75) is 32.7 Å². The van der Waals surface area contributed by atoms with E-state index in [0.717, 1.165) is 17.4 Å². The molecule has 0 amide bonds. The zero-order valence-electron chi connectivity index (χ0n) is 11.1. The SMILES string of the molecule is CCOC(=O)C(C)(C)Nc1ccc(CCBr)cc1. The smallest absolute Gasteiger partial charge is 0.331 e. The highest BCUT2D eigenvalue weighted by Gasteiger charge is 2.28. The van der Waals surface area contributed by atoms with Crippen molar-refractivity contribution in [3.8, 4) is 0 Å². The second-order valence-electron chi connectivity index (χ2n) is 4.61. The number of carbonyl (C=O) groups excluding carboxylic acids is 1. The molecule has 0 aliphatic heterocycles. The third kappa shape index (κ3) is 4.33. The third-order valence-corrected chi connectivity index (χ3v) is 2.98. The Kier molecular flexibility index (Phi) is 5.66. The Labute approximate surface area is 117 Å². The highest BCUT2D eigenvalue weighted by atomic mass is 79.9. The molecule has 1 aromatic carbocycles. The zero-order valence-corrected chi connectivity index (χ0v) is 12.7. The maximum absolute atomic E-state index is 11.7. The van der Waals surface area contributed by atoms with Gasteiger partial charge in [-0.25, -0.2) is 4.79 Å². The van der Waals surface area contributed by atoms with Crippen LogP contribution in [-0.4, -0.2) is 23.4 Å². The van der Waals surface area contributed by atoms with Gasteiger partial charge in [0.1, 0.15) is 5.54 Å². The summed E-state index contributed by atoms with van der Waals surface area (Å²) in [5.74, 6) is -0.241. The first-order valence-electron chi connectivity index (χ1n) is 6.10. The van der Waals surface area contributed by atoms with E-state index in [1.54, 1.807) is 0 Å². The number of halogens is 1. The second-order valence-corrected chi connectivity index (χ2v) is 5.40. The van der Waals surface area contributed by atoms with Crippen molar-refractivity contribution in [1.29, 1.82) is 0 Å². The number of ether oxygens (including phenoxy) is 1. The first kappa shape index (κ1) is 15.0. The van der Waals surface area contributed by atoms with Gasteiger partial charge in [0, 0.05) is 11.0 Å². The molecule has 0 aliphatic carbocycles. The Hall–Kier alpha value is -1.03. The lowest BCUT2D eigenvalue weighted by molar-refractivity contribution is -0.147. The van der Waals surface area contributed by atoms with Crippen LogP contribution >= 0.6 is 15.9 Å². The van der Waals surface area contributed by atoms with E-state index in [1.807, 2.05) is 32.9 Å². The van der Waals surface area contributed by atoms with Gasteiger partial charge in [-0.3, -0.25) is 0 Å². The summed E-state index contributed by atoms with van der Waals surface area (Å²) in [7, 11) is 0. The molecule has 3 nitrogen and oxygen atoms in total. The number of carbonyl (C=O) groups is 1. The minimum absolute atomic E-state index is 0.241. The lowest BCUT2D eigenvalue weighted by Gasteiger charge is -2.25. The molecule has 0 unspecified atom stereocenters. The minimum atomic E-state index is -0.715. The van der Waals surface area contributed by atoms with Crippen molar-refractivity contribution in [3.63, 3.8) is 0 Å². The average Bonchev–Trinajstić information content (AvgIpc) is 2.32. The molecule has 4 heteroatoms. The fraction of sp³-hybridized carbons (Fsp3) is 0.500. The van der Waals surface area contributed by atoms with Crippen LogP contribution in [0.25, 0.3) is 0 Å². The standard InChI is InChI=1S/C14H20BrNO2/c1-4-18-13(17)14(2,3)16-12-7-5-11(6-8-12)9-10-15/h5-8,16H,4,9-10H2,1-3H3. The summed E-state index contributed by atoms with van der Waals surface area (Å²) in [6, 6.07) is 8.09. The Morgan fingerprint density at radius 3 is 2.44 bits per heavy atom. The van der Waals surface area contributed by atoms with E-state index in [1.165, 1.54) is 5.56 Å². The van der Waals surface area contributed by atoms with Gasteiger partial charge in [0.25, 0.3) is 0 Å². The maximum atomic E-state index is 11.7. The highest BCUT2D eigenvalue weighted by Crippen LogP contribution is 2.17. The Bertz CT molecular complexity index is 387. The number of anilines is 1. The molecule has 18 heavy (non-hydrogen) atoms. The molecule has 1 rings (SSSR count). The maximum Gasteiger partial charge on any atom is 0.331 e. The van der Waals surface area contributed by atoms with Crippen LogP contribution < -0.4 is 5.32 Å². The van der Waals surface area contributed by atoms with Crippen molar-refractivity contribution in [1.82, 2.24) is 0 Å². The largest absolute Gasteiger partial charge is 0.464 e. The predicted molar refractivity (Wildman–Crippen MR) is 78.3 cm³/mol. The minimum Gasteiger partial charge on any atom is -0.464 e. The van der Waals surface area contributed by atoms with E-state index in [4.69, 9.17) is 4.74 Å². The van der Waals surface area contributed by atoms with Crippen LogP contribution in [0, 0.1) is 0 Å². The van der Waals surface area contributed by atoms with Crippen LogP contribution in [0.4, 0.5) is 5.69 Å². The molecule has 1 aromatic rings. The molecule has 100 valence electrons. The molecule has 0 radical (unpaired) electrons. The predicted octanol–water partition coefficient (Wildman–Crippen LogP) is 3.38. The van der Waals surface area contributed by atoms with Crippen LogP contribution in [-0.2, 0) is 16.0 Å². The third-order valence-electron chi connectivity index (χ3n) is 2.58. The van der Waals surface area contributed by atoms with Crippen LogP contribution in [0.5, 0.6) is 0 Å². The Balaban J connectivity index is 2.68. The van der Waals surface area contributed by atoms with E-state index >= 15 is 0 Å². The first-order chi connectivity index (χ1) is 8.49. The average molecular weight is 314 g/mol. The van der Waals surface area contributed by atoms with Crippen LogP contribution in [0.1, 0.15) is 26.3 Å². The lowest BCUT2D eigenvalue weighted by atomic mass is 10.0.